The number of hydrogen-bond donors (Lipinski definition) is 1. The van der Waals surface area contributed by atoms with Crippen LogP contribution in [0.1, 0.15) is 18.9 Å². The van der Waals surface area contributed by atoms with Crippen molar-refractivity contribution in [1.29, 1.82) is 0 Å². The fourth-order valence-electron chi connectivity index (χ4n) is 1.32. The highest BCUT2D eigenvalue weighted by Gasteiger charge is 2.10. The molecule has 0 radical (unpaired) electrons. The van der Waals surface area contributed by atoms with Crippen molar-refractivity contribution < 1.29 is 4.39 Å². The first-order valence-corrected chi connectivity index (χ1v) is 5.18. The number of nitrogens with zero attached hydrogens (tertiary/aromatic N) is 2. The summed E-state index contributed by atoms with van der Waals surface area (Å²) in [5, 5.41) is 3.17. The summed E-state index contributed by atoms with van der Waals surface area (Å²) in [5.74, 6) is 0.164. The van der Waals surface area contributed by atoms with E-state index in [-0.39, 0.29) is 5.82 Å². The van der Waals surface area contributed by atoms with Gasteiger partial charge in [-0.1, -0.05) is 6.92 Å². The molecule has 0 saturated carbocycles. The Morgan fingerprint density at radius 2 is 2.20 bits per heavy atom. The monoisotopic (exact) mass is 211 g/mol. The molecule has 1 rings (SSSR count). The predicted octanol–water partition coefficient (Wildman–Crippen LogP) is 1.79. The van der Waals surface area contributed by atoms with E-state index in [4.69, 9.17) is 0 Å². The van der Waals surface area contributed by atoms with Crippen molar-refractivity contribution in [2.75, 3.05) is 25.5 Å². The molecule has 1 heterocycles. The van der Waals surface area contributed by atoms with Crippen LogP contribution in [0, 0.1) is 5.82 Å². The summed E-state index contributed by atoms with van der Waals surface area (Å²) in [4.78, 5) is 5.67. The zero-order valence-corrected chi connectivity index (χ0v) is 9.55. The molecule has 0 aliphatic heterocycles. The Morgan fingerprint density at radius 3 is 2.80 bits per heavy atom. The van der Waals surface area contributed by atoms with Gasteiger partial charge in [0.1, 0.15) is 0 Å². The first-order valence-electron chi connectivity index (χ1n) is 5.18. The number of pyridine rings is 1. The topological polar surface area (TPSA) is 28.2 Å². The molecule has 0 amide bonds. The van der Waals surface area contributed by atoms with Crippen LogP contribution in [0.2, 0.25) is 0 Å². The summed E-state index contributed by atoms with van der Waals surface area (Å²) < 4.78 is 13.8. The first kappa shape index (κ1) is 11.9. The van der Waals surface area contributed by atoms with Gasteiger partial charge in [0.15, 0.2) is 11.6 Å². The second kappa shape index (κ2) is 5.66. The van der Waals surface area contributed by atoms with Gasteiger partial charge in [-0.2, -0.15) is 0 Å². The van der Waals surface area contributed by atoms with E-state index in [0.29, 0.717) is 17.9 Å². The van der Waals surface area contributed by atoms with E-state index in [9.17, 15) is 4.39 Å². The lowest BCUT2D eigenvalue weighted by molar-refractivity contribution is 0.580. The fraction of sp³-hybridized carbons (Fsp3) is 0.545. The van der Waals surface area contributed by atoms with Gasteiger partial charge in [-0.15, -0.1) is 0 Å². The van der Waals surface area contributed by atoms with Gasteiger partial charge >= 0.3 is 0 Å². The van der Waals surface area contributed by atoms with E-state index >= 15 is 0 Å². The minimum Gasteiger partial charge on any atom is -0.360 e. The van der Waals surface area contributed by atoms with Crippen molar-refractivity contribution in [3.63, 3.8) is 0 Å². The molecule has 1 aromatic rings. The smallest absolute Gasteiger partial charge is 0.170 e. The zero-order chi connectivity index (χ0) is 11.3. The average Bonchev–Trinajstić information content (AvgIpc) is 2.20. The Labute approximate surface area is 90.3 Å². The van der Waals surface area contributed by atoms with Crippen LogP contribution >= 0.6 is 0 Å². The Balaban J connectivity index is 2.75. The van der Waals surface area contributed by atoms with Crippen LogP contribution in [0.15, 0.2) is 12.3 Å². The highest BCUT2D eigenvalue weighted by atomic mass is 19.1. The lowest BCUT2D eigenvalue weighted by atomic mass is 10.2. The molecule has 0 fully saturated rings. The van der Waals surface area contributed by atoms with Crippen molar-refractivity contribution in [2.45, 2.75) is 19.9 Å². The molecule has 0 aromatic carbocycles. The quantitative estimate of drug-likeness (QED) is 0.753. The van der Waals surface area contributed by atoms with Gasteiger partial charge in [0, 0.05) is 32.4 Å². The molecule has 0 unspecified atom stereocenters. The van der Waals surface area contributed by atoms with Crippen molar-refractivity contribution in [2.24, 2.45) is 0 Å². The van der Waals surface area contributed by atoms with Crippen LogP contribution in [0.25, 0.3) is 0 Å². The molecule has 4 heteroatoms. The third kappa shape index (κ3) is 3.16. The minimum absolute atomic E-state index is 0.230. The summed E-state index contributed by atoms with van der Waals surface area (Å²) in [5.41, 5.74) is 0.669. The minimum atomic E-state index is -0.230. The lowest BCUT2D eigenvalue weighted by Gasteiger charge is -2.14. The molecule has 1 aromatic heterocycles. The van der Waals surface area contributed by atoms with E-state index in [2.05, 4.69) is 17.2 Å². The molecule has 0 spiro atoms. The second-order valence-electron chi connectivity index (χ2n) is 3.68. The van der Waals surface area contributed by atoms with Gasteiger partial charge in [0.25, 0.3) is 0 Å². The van der Waals surface area contributed by atoms with Crippen LogP contribution in [0.4, 0.5) is 10.2 Å². The van der Waals surface area contributed by atoms with Gasteiger partial charge in [-0.3, -0.25) is 0 Å². The fourth-order valence-corrected chi connectivity index (χ4v) is 1.32. The van der Waals surface area contributed by atoms with Gasteiger partial charge in [0.2, 0.25) is 0 Å². The number of halogens is 1. The lowest BCUT2D eigenvalue weighted by Crippen LogP contribution is -2.18. The maximum atomic E-state index is 13.8. The van der Waals surface area contributed by atoms with Crippen molar-refractivity contribution in [3.8, 4) is 0 Å². The SMILES string of the molecule is CCCNCc1ccnc(N(C)C)c1F. The van der Waals surface area contributed by atoms with E-state index in [1.54, 1.807) is 31.3 Å². The number of anilines is 1. The predicted molar refractivity (Wildman–Crippen MR) is 60.5 cm³/mol. The molecule has 0 atom stereocenters. The molecule has 15 heavy (non-hydrogen) atoms. The summed E-state index contributed by atoms with van der Waals surface area (Å²) in [6, 6.07) is 1.71. The second-order valence-corrected chi connectivity index (χ2v) is 3.68. The van der Waals surface area contributed by atoms with Gasteiger partial charge < -0.3 is 10.2 Å². The zero-order valence-electron chi connectivity index (χ0n) is 9.55. The summed E-state index contributed by atoms with van der Waals surface area (Å²) in [6.45, 7) is 3.54. The number of nitrogens with one attached hydrogen (secondary N) is 1. The standard InChI is InChI=1S/C11H18FN3/c1-4-6-13-8-9-5-7-14-11(10(9)12)15(2)3/h5,7,13H,4,6,8H2,1-3H3. The third-order valence-corrected chi connectivity index (χ3v) is 2.12. The van der Waals surface area contributed by atoms with Gasteiger partial charge in [0.05, 0.1) is 0 Å². The highest BCUT2D eigenvalue weighted by molar-refractivity contribution is 5.41. The van der Waals surface area contributed by atoms with Crippen LogP contribution < -0.4 is 10.2 Å². The van der Waals surface area contributed by atoms with E-state index in [1.165, 1.54) is 0 Å². The Hall–Kier alpha value is -1.16. The average molecular weight is 211 g/mol. The van der Waals surface area contributed by atoms with Crippen molar-refractivity contribution >= 4 is 5.82 Å². The van der Waals surface area contributed by atoms with Crippen LogP contribution in [0.3, 0.4) is 0 Å². The maximum absolute atomic E-state index is 13.8. The Bertz CT molecular complexity index is 313. The Kier molecular flexibility index (Phi) is 4.49. The molecule has 1 N–H and O–H groups in total. The summed E-state index contributed by atoms with van der Waals surface area (Å²) in [6.07, 6.45) is 2.69. The van der Waals surface area contributed by atoms with Crippen molar-refractivity contribution in [3.05, 3.63) is 23.6 Å². The van der Waals surface area contributed by atoms with Gasteiger partial charge in [-0.25, -0.2) is 9.37 Å². The molecule has 0 aliphatic rings. The largest absolute Gasteiger partial charge is 0.360 e. The molecular weight excluding hydrogens is 193 g/mol. The molecule has 84 valence electrons. The Morgan fingerprint density at radius 1 is 1.47 bits per heavy atom. The highest BCUT2D eigenvalue weighted by Crippen LogP contribution is 2.16. The molecule has 0 saturated heterocycles. The first-order chi connectivity index (χ1) is 7.16. The maximum Gasteiger partial charge on any atom is 0.170 e. The number of hydrogen-bond acceptors (Lipinski definition) is 3. The van der Waals surface area contributed by atoms with Crippen molar-refractivity contribution in [1.82, 2.24) is 10.3 Å². The van der Waals surface area contributed by atoms with Crippen LogP contribution in [0.5, 0.6) is 0 Å². The van der Waals surface area contributed by atoms with E-state index in [0.717, 1.165) is 13.0 Å². The normalized spacial score (nSPS) is 10.4. The van der Waals surface area contributed by atoms with E-state index in [1.807, 2.05) is 0 Å². The third-order valence-electron chi connectivity index (χ3n) is 2.12. The van der Waals surface area contributed by atoms with Crippen LogP contribution in [-0.2, 0) is 6.54 Å². The van der Waals surface area contributed by atoms with Gasteiger partial charge in [-0.05, 0) is 19.0 Å². The molecule has 3 nitrogen and oxygen atoms in total. The summed E-state index contributed by atoms with van der Waals surface area (Å²) >= 11 is 0. The molecular formula is C11H18FN3. The number of rotatable bonds is 5. The molecule has 0 bridgehead atoms. The van der Waals surface area contributed by atoms with E-state index < -0.39 is 0 Å². The van der Waals surface area contributed by atoms with Crippen LogP contribution in [-0.4, -0.2) is 25.6 Å². The number of aromatic nitrogens is 1. The summed E-state index contributed by atoms with van der Waals surface area (Å²) in [7, 11) is 3.57. The molecule has 0 aliphatic carbocycles.